The lowest BCUT2D eigenvalue weighted by Gasteiger charge is -2.28. The molecule has 0 amide bonds. The summed E-state index contributed by atoms with van der Waals surface area (Å²) in [6.07, 6.45) is 6.41. The summed E-state index contributed by atoms with van der Waals surface area (Å²) in [5, 5.41) is 3.58. The average molecular weight is 208 g/mol. The number of aromatic nitrogens is 1. The fourth-order valence-corrected chi connectivity index (χ4v) is 2.13. The van der Waals surface area contributed by atoms with Gasteiger partial charge in [0.05, 0.1) is 0 Å². The first-order valence-corrected chi connectivity index (χ1v) is 5.79. The van der Waals surface area contributed by atoms with Crippen LogP contribution < -0.4 is 5.32 Å². The predicted octanol–water partition coefficient (Wildman–Crippen LogP) is 1.92. The van der Waals surface area contributed by atoms with E-state index in [1.54, 1.807) is 0 Å². The van der Waals surface area contributed by atoms with Gasteiger partial charge in [-0.1, -0.05) is 0 Å². The molecule has 2 heterocycles. The lowest BCUT2D eigenvalue weighted by atomic mass is 9.93. The Morgan fingerprint density at radius 1 is 1.53 bits per heavy atom. The number of nitrogens with one attached hydrogen (secondary N) is 2. The molecule has 0 bridgehead atoms. The standard InChI is InChI=1S/C12H20N2O/c1-10(12-3-6-15-7-4-12)14-9-11-2-5-13-8-11/h2,5,8,10,12-14H,3-4,6-7,9H2,1H3. The van der Waals surface area contributed by atoms with E-state index in [-0.39, 0.29) is 0 Å². The van der Waals surface area contributed by atoms with Crippen LogP contribution >= 0.6 is 0 Å². The normalized spacial score (nSPS) is 20.3. The fraction of sp³-hybridized carbons (Fsp3) is 0.667. The molecule has 3 nitrogen and oxygen atoms in total. The maximum absolute atomic E-state index is 5.37. The molecule has 3 heteroatoms. The Balaban J connectivity index is 1.74. The van der Waals surface area contributed by atoms with Gasteiger partial charge in [-0.3, -0.25) is 0 Å². The Hall–Kier alpha value is -0.800. The van der Waals surface area contributed by atoms with Crippen molar-refractivity contribution in [1.29, 1.82) is 0 Å². The van der Waals surface area contributed by atoms with E-state index in [4.69, 9.17) is 4.74 Å². The van der Waals surface area contributed by atoms with Crippen LogP contribution in [0.25, 0.3) is 0 Å². The quantitative estimate of drug-likeness (QED) is 0.793. The molecular formula is C12H20N2O. The van der Waals surface area contributed by atoms with Crippen molar-refractivity contribution in [2.24, 2.45) is 5.92 Å². The summed E-state index contributed by atoms with van der Waals surface area (Å²) in [4.78, 5) is 3.07. The second kappa shape index (κ2) is 5.33. The van der Waals surface area contributed by atoms with E-state index >= 15 is 0 Å². The Bertz CT molecular complexity index is 265. The van der Waals surface area contributed by atoms with Crippen LogP contribution in [0.15, 0.2) is 18.5 Å². The number of H-pyrrole nitrogens is 1. The van der Waals surface area contributed by atoms with Gasteiger partial charge in [0.2, 0.25) is 0 Å². The van der Waals surface area contributed by atoms with Gasteiger partial charge in [-0.15, -0.1) is 0 Å². The first-order valence-electron chi connectivity index (χ1n) is 5.79. The maximum atomic E-state index is 5.37. The van der Waals surface area contributed by atoms with Gasteiger partial charge in [0, 0.05) is 38.2 Å². The van der Waals surface area contributed by atoms with Crippen LogP contribution in [0.2, 0.25) is 0 Å². The van der Waals surface area contributed by atoms with Crippen molar-refractivity contribution < 1.29 is 4.74 Å². The smallest absolute Gasteiger partial charge is 0.0469 e. The summed E-state index contributed by atoms with van der Waals surface area (Å²) in [6.45, 7) is 5.10. The SMILES string of the molecule is CC(NCc1cc[nH]c1)C1CCOCC1. The average Bonchev–Trinajstić information content (AvgIpc) is 2.80. The second-order valence-corrected chi connectivity index (χ2v) is 4.34. The molecule has 2 N–H and O–H groups in total. The molecular weight excluding hydrogens is 188 g/mol. The molecule has 1 aliphatic heterocycles. The molecule has 1 aromatic heterocycles. The number of hydrogen-bond donors (Lipinski definition) is 2. The molecule has 1 fully saturated rings. The fourth-order valence-electron chi connectivity index (χ4n) is 2.13. The highest BCUT2D eigenvalue weighted by atomic mass is 16.5. The van der Waals surface area contributed by atoms with Gasteiger partial charge in [-0.05, 0) is 37.3 Å². The third-order valence-corrected chi connectivity index (χ3v) is 3.26. The van der Waals surface area contributed by atoms with Crippen LogP contribution in [-0.4, -0.2) is 24.2 Å². The van der Waals surface area contributed by atoms with Gasteiger partial charge in [0.15, 0.2) is 0 Å². The van der Waals surface area contributed by atoms with Gasteiger partial charge in [-0.25, -0.2) is 0 Å². The molecule has 0 aromatic carbocycles. The minimum atomic E-state index is 0.587. The number of hydrogen-bond acceptors (Lipinski definition) is 2. The van der Waals surface area contributed by atoms with Crippen LogP contribution in [0.3, 0.4) is 0 Å². The minimum Gasteiger partial charge on any atom is -0.381 e. The molecule has 1 aliphatic rings. The van der Waals surface area contributed by atoms with Gasteiger partial charge in [0.25, 0.3) is 0 Å². The van der Waals surface area contributed by atoms with E-state index in [1.807, 2.05) is 12.4 Å². The minimum absolute atomic E-state index is 0.587. The third kappa shape index (κ3) is 3.08. The summed E-state index contributed by atoms with van der Waals surface area (Å²) in [7, 11) is 0. The molecule has 0 aliphatic carbocycles. The number of aromatic amines is 1. The monoisotopic (exact) mass is 208 g/mol. The van der Waals surface area contributed by atoms with Crippen molar-refractivity contribution in [3.05, 3.63) is 24.0 Å². The molecule has 1 aromatic rings. The van der Waals surface area contributed by atoms with E-state index in [0.717, 1.165) is 25.7 Å². The first kappa shape index (κ1) is 10.7. The lowest BCUT2D eigenvalue weighted by molar-refractivity contribution is 0.0558. The predicted molar refractivity (Wildman–Crippen MR) is 60.6 cm³/mol. The molecule has 2 rings (SSSR count). The molecule has 1 atom stereocenters. The zero-order chi connectivity index (χ0) is 10.5. The zero-order valence-electron chi connectivity index (χ0n) is 9.33. The van der Waals surface area contributed by atoms with Crippen LogP contribution in [0, 0.1) is 5.92 Å². The summed E-state index contributed by atoms with van der Waals surface area (Å²) in [5.74, 6) is 0.776. The van der Waals surface area contributed by atoms with Crippen molar-refractivity contribution >= 4 is 0 Å². The van der Waals surface area contributed by atoms with E-state index in [0.29, 0.717) is 6.04 Å². The first-order chi connectivity index (χ1) is 7.36. The highest BCUT2D eigenvalue weighted by Gasteiger charge is 2.19. The largest absolute Gasteiger partial charge is 0.381 e. The summed E-state index contributed by atoms with van der Waals surface area (Å²) >= 11 is 0. The molecule has 1 saturated heterocycles. The summed E-state index contributed by atoms with van der Waals surface area (Å²) in [5.41, 5.74) is 1.33. The Morgan fingerprint density at radius 2 is 2.33 bits per heavy atom. The summed E-state index contributed by atoms with van der Waals surface area (Å²) in [6, 6.07) is 2.70. The second-order valence-electron chi connectivity index (χ2n) is 4.34. The summed E-state index contributed by atoms with van der Waals surface area (Å²) < 4.78 is 5.37. The van der Waals surface area contributed by atoms with E-state index < -0.39 is 0 Å². The molecule has 0 radical (unpaired) electrons. The molecule has 15 heavy (non-hydrogen) atoms. The van der Waals surface area contributed by atoms with Gasteiger partial charge in [0.1, 0.15) is 0 Å². The van der Waals surface area contributed by atoms with Crippen LogP contribution in [-0.2, 0) is 11.3 Å². The van der Waals surface area contributed by atoms with Gasteiger partial charge >= 0.3 is 0 Å². The third-order valence-electron chi connectivity index (χ3n) is 3.26. The maximum Gasteiger partial charge on any atom is 0.0469 e. The number of rotatable bonds is 4. The van der Waals surface area contributed by atoms with Crippen LogP contribution in [0.1, 0.15) is 25.3 Å². The van der Waals surface area contributed by atoms with Gasteiger partial charge in [-0.2, -0.15) is 0 Å². The Kier molecular flexibility index (Phi) is 3.80. The molecule has 1 unspecified atom stereocenters. The highest BCUT2D eigenvalue weighted by molar-refractivity contribution is 5.07. The molecule has 84 valence electrons. The van der Waals surface area contributed by atoms with Crippen molar-refractivity contribution in [3.8, 4) is 0 Å². The van der Waals surface area contributed by atoms with Crippen molar-refractivity contribution in [1.82, 2.24) is 10.3 Å². The Morgan fingerprint density at radius 3 is 3.00 bits per heavy atom. The van der Waals surface area contributed by atoms with Gasteiger partial charge < -0.3 is 15.0 Å². The van der Waals surface area contributed by atoms with Crippen molar-refractivity contribution in [2.45, 2.75) is 32.4 Å². The Labute approximate surface area is 91.2 Å². The van der Waals surface area contributed by atoms with Crippen molar-refractivity contribution in [2.75, 3.05) is 13.2 Å². The zero-order valence-corrected chi connectivity index (χ0v) is 9.33. The van der Waals surface area contributed by atoms with E-state index in [9.17, 15) is 0 Å². The van der Waals surface area contributed by atoms with Crippen LogP contribution in [0.4, 0.5) is 0 Å². The van der Waals surface area contributed by atoms with E-state index in [1.165, 1.54) is 18.4 Å². The molecule has 0 saturated carbocycles. The number of ether oxygens (including phenoxy) is 1. The van der Waals surface area contributed by atoms with Crippen LogP contribution in [0.5, 0.6) is 0 Å². The van der Waals surface area contributed by atoms with E-state index in [2.05, 4.69) is 23.3 Å². The molecule has 0 spiro atoms. The highest BCUT2D eigenvalue weighted by Crippen LogP contribution is 2.18. The lowest BCUT2D eigenvalue weighted by Crippen LogP contribution is -2.36. The topological polar surface area (TPSA) is 37.0 Å². The van der Waals surface area contributed by atoms with Crippen molar-refractivity contribution in [3.63, 3.8) is 0 Å².